The van der Waals surface area contributed by atoms with Crippen LogP contribution in [0.3, 0.4) is 0 Å². The van der Waals surface area contributed by atoms with Gasteiger partial charge in [-0.25, -0.2) is 0 Å². The van der Waals surface area contributed by atoms with Gasteiger partial charge in [0.2, 0.25) is 0 Å². The van der Waals surface area contributed by atoms with E-state index in [1.807, 2.05) is 13.0 Å². The normalized spacial score (nSPS) is 9.40. The van der Waals surface area contributed by atoms with Gasteiger partial charge in [-0.2, -0.15) is 0 Å². The van der Waals surface area contributed by atoms with E-state index in [2.05, 4.69) is 16.8 Å². The number of aromatic nitrogens is 2. The minimum Gasteiger partial charge on any atom is -0.150 e. The van der Waals surface area contributed by atoms with Crippen molar-refractivity contribution in [1.29, 1.82) is 0 Å². The number of hydrogen-bond acceptors (Lipinski definition) is 2. The molecule has 0 spiro atoms. The molecule has 1 heterocycles. The smallest absolute Gasteiger partial charge is 0.150 e. The Morgan fingerprint density at radius 3 is 2.80 bits per heavy atom. The molecule has 1 aromatic rings. The van der Waals surface area contributed by atoms with Gasteiger partial charge in [-0.1, -0.05) is 18.2 Å². The molecule has 2 nitrogen and oxygen atoms in total. The van der Waals surface area contributed by atoms with Gasteiger partial charge in [0.25, 0.3) is 0 Å². The second-order valence-electron chi connectivity index (χ2n) is 1.95. The van der Waals surface area contributed by atoms with E-state index in [0.29, 0.717) is 5.15 Å². The predicted molar refractivity (Wildman–Crippen MR) is 41.9 cm³/mol. The minimum atomic E-state index is 0.450. The first kappa shape index (κ1) is 7.22. The molecule has 0 fully saturated rings. The number of rotatable bonds is 1. The largest absolute Gasteiger partial charge is 0.154 e. The molecule has 0 radical (unpaired) electrons. The van der Waals surface area contributed by atoms with Crippen molar-refractivity contribution in [3.8, 4) is 0 Å². The number of aryl methyl sites for hydroxylation is 1. The summed E-state index contributed by atoms with van der Waals surface area (Å²) in [6.45, 7) is 5.44. The first-order valence-corrected chi connectivity index (χ1v) is 3.24. The summed E-state index contributed by atoms with van der Waals surface area (Å²) >= 11 is 5.63. The maximum absolute atomic E-state index is 5.63. The Morgan fingerprint density at radius 2 is 2.30 bits per heavy atom. The lowest BCUT2D eigenvalue weighted by Crippen LogP contribution is -1.88. The maximum atomic E-state index is 5.63. The van der Waals surface area contributed by atoms with Crippen LogP contribution in [0.1, 0.15) is 11.3 Å². The van der Waals surface area contributed by atoms with E-state index in [0.717, 1.165) is 11.3 Å². The molecule has 0 N–H and O–H groups in total. The summed E-state index contributed by atoms with van der Waals surface area (Å²) in [6.07, 6.45) is 1.64. The molecule has 52 valence electrons. The zero-order valence-electron chi connectivity index (χ0n) is 5.63. The quantitative estimate of drug-likeness (QED) is 0.619. The van der Waals surface area contributed by atoms with Gasteiger partial charge >= 0.3 is 0 Å². The van der Waals surface area contributed by atoms with Gasteiger partial charge in [0, 0.05) is 0 Å². The highest BCUT2D eigenvalue weighted by Crippen LogP contribution is 2.10. The van der Waals surface area contributed by atoms with Crippen LogP contribution < -0.4 is 0 Å². The molecule has 0 aliphatic heterocycles. The van der Waals surface area contributed by atoms with Crippen molar-refractivity contribution in [3.05, 3.63) is 29.1 Å². The van der Waals surface area contributed by atoms with Crippen molar-refractivity contribution >= 4 is 17.7 Å². The maximum Gasteiger partial charge on any atom is 0.154 e. The highest BCUT2D eigenvalue weighted by molar-refractivity contribution is 6.30. The molecular formula is C7H7ClN2. The predicted octanol–water partition coefficient (Wildman–Crippen LogP) is 2.08. The summed E-state index contributed by atoms with van der Waals surface area (Å²) in [7, 11) is 0. The molecule has 10 heavy (non-hydrogen) atoms. The van der Waals surface area contributed by atoms with Gasteiger partial charge in [-0.3, -0.25) is 0 Å². The number of nitrogens with zero attached hydrogens (tertiary/aromatic N) is 2. The van der Waals surface area contributed by atoms with Crippen molar-refractivity contribution in [2.75, 3.05) is 0 Å². The first-order chi connectivity index (χ1) is 4.74. The van der Waals surface area contributed by atoms with Crippen molar-refractivity contribution in [1.82, 2.24) is 10.2 Å². The molecule has 0 saturated carbocycles. The molecular weight excluding hydrogens is 148 g/mol. The average Bonchev–Trinajstić information content (AvgIpc) is 1.95. The Bertz CT molecular complexity index is 258. The summed E-state index contributed by atoms with van der Waals surface area (Å²) in [4.78, 5) is 0. The van der Waals surface area contributed by atoms with Gasteiger partial charge in [-0.05, 0) is 24.6 Å². The van der Waals surface area contributed by atoms with E-state index in [9.17, 15) is 0 Å². The Balaban J connectivity index is 3.16. The standard InChI is InChI=1S/C7H7ClN2/c1-3-6-4-5(2)7(8)10-9-6/h3-4H,1H2,2H3. The fraction of sp³-hybridized carbons (Fsp3) is 0.143. The Labute approximate surface area is 64.5 Å². The van der Waals surface area contributed by atoms with Crippen LogP contribution in [-0.4, -0.2) is 10.2 Å². The van der Waals surface area contributed by atoms with Crippen LogP contribution in [0.5, 0.6) is 0 Å². The monoisotopic (exact) mass is 154 g/mol. The molecule has 1 rings (SSSR count). The third-order valence-corrected chi connectivity index (χ3v) is 1.53. The van der Waals surface area contributed by atoms with Crippen LogP contribution in [0.4, 0.5) is 0 Å². The van der Waals surface area contributed by atoms with E-state index >= 15 is 0 Å². The number of halogens is 1. The molecule has 0 bridgehead atoms. The van der Waals surface area contributed by atoms with Gasteiger partial charge in [0.05, 0.1) is 5.69 Å². The molecule has 0 aromatic carbocycles. The van der Waals surface area contributed by atoms with Crippen LogP contribution in [0.2, 0.25) is 5.15 Å². The summed E-state index contributed by atoms with van der Waals surface area (Å²) in [5.41, 5.74) is 1.67. The summed E-state index contributed by atoms with van der Waals surface area (Å²) in [6, 6.07) is 1.84. The van der Waals surface area contributed by atoms with E-state index in [1.54, 1.807) is 6.08 Å². The Morgan fingerprint density at radius 1 is 1.60 bits per heavy atom. The van der Waals surface area contributed by atoms with E-state index in [-0.39, 0.29) is 0 Å². The zero-order chi connectivity index (χ0) is 7.56. The lowest BCUT2D eigenvalue weighted by atomic mass is 10.3. The van der Waals surface area contributed by atoms with Gasteiger partial charge < -0.3 is 0 Å². The molecule has 0 amide bonds. The third kappa shape index (κ3) is 1.33. The van der Waals surface area contributed by atoms with Crippen LogP contribution in [0.25, 0.3) is 6.08 Å². The lowest BCUT2D eigenvalue weighted by molar-refractivity contribution is 1.00. The summed E-state index contributed by atoms with van der Waals surface area (Å²) < 4.78 is 0. The van der Waals surface area contributed by atoms with E-state index in [1.165, 1.54) is 0 Å². The minimum absolute atomic E-state index is 0.450. The second-order valence-corrected chi connectivity index (χ2v) is 2.31. The zero-order valence-corrected chi connectivity index (χ0v) is 6.39. The highest BCUT2D eigenvalue weighted by Gasteiger charge is 1.95. The Hall–Kier alpha value is -0.890. The van der Waals surface area contributed by atoms with E-state index in [4.69, 9.17) is 11.6 Å². The van der Waals surface area contributed by atoms with Crippen LogP contribution >= 0.6 is 11.6 Å². The van der Waals surface area contributed by atoms with Crippen LogP contribution in [0.15, 0.2) is 12.6 Å². The number of hydrogen-bond donors (Lipinski definition) is 0. The Kier molecular flexibility index (Phi) is 2.02. The van der Waals surface area contributed by atoms with Crippen molar-refractivity contribution < 1.29 is 0 Å². The molecule has 0 aliphatic rings. The summed E-state index contributed by atoms with van der Waals surface area (Å²) in [5, 5.41) is 7.90. The molecule has 3 heteroatoms. The molecule has 0 aliphatic carbocycles. The lowest BCUT2D eigenvalue weighted by Gasteiger charge is -1.94. The fourth-order valence-electron chi connectivity index (χ4n) is 0.590. The topological polar surface area (TPSA) is 25.8 Å². The van der Waals surface area contributed by atoms with Gasteiger partial charge in [0.15, 0.2) is 5.15 Å². The van der Waals surface area contributed by atoms with Crippen LogP contribution in [-0.2, 0) is 0 Å². The van der Waals surface area contributed by atoms with Crippen molar-refractivity contribution in [2.45, 2.75) is 6.92 Å². The third-order valence-electron chi connectivity index (χ3n) is 1.15. The average molecular weight is 155 g/mol. The summed E-state index contributed by atoms with van der Waals surface area (Å²) in [5.74, 6) is 0. The molecule has 0 unspecified atom stereocenters. The van der Waals surface area contributed by atoms with E-state index < -0.39 is 0 Å². The van der Waals surface area contributed by atoms with Gasteiger partial charge in [-0.15, -0.1) is 10.2 Å². The second kappa shape index (κ2) is 2.80. The first-order valence-electron chi connectivity index (χ1n) is 2.86. The molecule has 0 atom stereocenters. The van der Waals surface area contributed by atoms with Gasteiger partial charge in [0.1, 0.15) is 0 Å². The van der Waals surface area contributed by atoms with Crippen LogP contribution in [0, 0.1) is 6.92 Å². The molecule has 1 aromatic heterocycles. The van der Waals surface area contributed by atoms with Crippen molar-refractivity contribution in [2.24, 2.45) is 0 Å². The molecule has 0 saturated heterocycles. The fourth-order valence-corrected chi connectivity index (χ4v) is 0.683. The highest BCUT2D eigenvalue weighted by atomic mass is 35.5. The van der Waals surface area contributed by atoms with Crippen molar-refractivity contribution in [3.63, 3.8) is 0 Å². The SMILES string of the molecule is C=Cc1cc(C)c(Cl)nn1.